The van der Waals surface area contributed by atoms with Gasteiger partial charge < -0.3 is 9.31 Å². The topological polar surface area (TPSA) is 82.9 Å². The minimum Gasteiger partial charge on any atom is -0.399 e. The summed E-state index contributed by atoms with van der Waals surface area (Å²) in [6.45, 7) is 8.34. The van der Waals surface area contributed by atoms with Crippen LogP contribution in [0.5, 0.6) is 0 Å². The summed E-state index contributed by atoms with van der Waals surface area (Å²) in [5, 5.41) is 15.8. The van der Waals surface area contributed by atoms with Crippen LogP contribution < -0.4 is 5.46 Å². The maximum Gasteiger partial charge on any atom is 0.494 e. The summed E-state index contributed by atoms with van der Waals surface area (Å²) < 4.78 is 17.8. The lowest BCUT2D eigenvalue weighted by molar-refractivity contribution is 0.00578. The number of hydrogen-bond donors (Lipinski definition) is 0. The van der Waals surface area contributed by atoms with E-state index in [0.29, 0.717) is 0 Å². The van der Waals surface area contributed by atoms with E-state index in [-0.39, 0.29) is 18.3 Å². The molecule has 0 unspecified atom stereocenters. The first-order valence-corrected chi connectivity index (χ1v) is 31.1. The Hall–Kier alpha value is -9.81. The largest absolute Gasteiger partial charge is 0.494 e. The van der Waals surface area contributed by atoms with Crippen molar-refractivity contribution in [2.75, 3.05) is 0 Å². The highest BCUT2D eigenvalue weighted by molar-refractivity contribution is 7.27. The molecular formula is C77H52BN5O2S2. The quantitative estimate of drug-likeness (QED) is 0.125. The van der Waals surface area contributed by atoms with Gasteiger partial charge in [0, 0.05) is 124 Å². The van der Waals surface area contributed by atoms with Gasteiger partial charge >= 0.3 is 7.12 Å². The highest BCUT2D eigenvalue weighted by Crippen LogP contribution is 2.47. The van der Waals surface area contributed by atoms with Gasteiger partial charge in [-0.05, 0) is 92.3 Å². The Morgan fingerprint density at radius 1 is 0.333 bits per heavy atom. The number of fused-ring (bicyclic) bond motifs is 18. The number of nitrogens with zero attached hydrogens (tertiary/aromatic N) is 5. The van der Waals surface area contributed by atoms with Gasteiger partial charge in [0.1, 0.15) is 0 Å². The molecular weight excluding hydrogens is 1100 g/mol. The molecule has 0 spiro atoms. The highest BCUT2D eigenvalue weighted by Gasteiger charge is 2.51. The van der Waals surface area contributed by atoms with Gasteiger partial charge in [0.15, 0.2) is 0 Å². The summed E-state index contributed by atoms with van der Waals surface area (Å²) in [5.41, 5.74) is 13.7. The van der Waals surface area contributed by atoms with Gasteiger partial charge in [0.2, 0.25) is 0 Å². The van der Waals surface area contributed by atoms with Gasteiger partial charge in [0.25, 0.3) is 0 Å². The van der Waals surface area contributed by atoms with Crippen LogP contribution in [0.3, 0.4) is 0 Å². The SMILES string of the molecule is CC1(C)OB(c2ccc(-c3nc4ccccc4c4c3ccc3c5ccccc5sc34)cc2)OC1(C)C.c1cnc2c(c1)ccc1c(-c3ccc(-c4ccc(-c5nc6ccccc6c6c5ccc5c7ccccc7sc56)cc4)c4ncccc34)ccnc12. The van der Waals surface area contributed by atoms with Crippen LogP contribution in [0.4, 0.5) is 0 Å². The second kappa shape index (κ2) is 19.9. The van der Waals surface area contributed by atoms with Crippen LogP contribution >= 0.6 is 22.7 Å². The second-order valence-corrected chi connectivity index (χ2v) is 25.7. The summed E-state index contributed by atoms with van der Waals surface area (Å²) in [6.07, 6.45) is 5.60. The van der Waals surface area contributed by atoms with Crippen LogP contribution in [0, 0.1) is 0 Å². The monoisotopic (exact) mass is 1150 g/mol. The minimum absolute atomic E-state index is 0.359. The molecule has 0 saturated carbocycles. The van der Waals surface area contributed by atoms with Crippen LogP contribution in [-0.4, -0.2) is 43.2 Å². The molecule has 1 aliphatic heterocycles. The van der Waals surface area contributed by atoms with Gasteiger partial charge in [-0.25, -0.2) is 9.97 Å². The average Bonchev–Trinajstić information content (AvgIpc) is 1.95. The molecule has 0 atom stereocenters. The molecule has 7 nitrogen and oxygen atoms in total. The fraction of sp³-hybridized carbons (Fsp3) is 0.0779. The van der Waals surface area contributed by atoms with Crippen molar-refractivity contribution in [2.24, 2.45) is 0 Å². The first-order chi connectivity index (χ1) is 42.6. The summed E-state index contributed by atoms with van der Waals surface area (Å²) in [7, 11) is -0.372. The molecule has 87 heavy (non-hydrogen) atoms. The zero-order chi connectivity index (χ0) is 58.1. The van der Waals surface area contributed by atoms with Crippen LogP contribution in [0.15, 0.2) is 243 Å². The van der Waals surface area contributed by atoms with Crippen molar-refractivity contribution in [1.29, 1.82) is 0 Å². The smallest absolute Gasteiger partial charge is 0.399 e. The van der Waals surface area contributed by atoms with Crippen LogP contribution in [-0.2, 0) is 9.31 Å². The molecule has 1 fully saturated rings. The predicted molar refractivity (Wildman–Crippen MR) is 368 cm³/mol. The molecule has 7 aromatic heterocycles. The second-order valence-electron chi connectivity index (χ2n) is 23.6. The third kappa shape index (κ3) is 8.27. The Balaban J connectivity index is 0.000000144. The zero-order valence-electron chi connectivity index (χ0n) is 48.0. The highest BCUT2D eigenvalue weighted by atomic mass is 32.1. The van der Waals surface area contributed by atoms with E-state index in [0.717, 1.165) is 94.0 Å². The molecule has 10 aromatic carbocycles. The first-order valence-electron chi connectivity index (χ1n) is 29.5. The summed E-state index contributed by atoms with van der Waals surface area (Å²) in [6, 6.07) is 79.8. The Labute approximate surface area is 509 Å². The van der Waals surface area contributed by atoms with E-state index in [1.807, 2.05) is 53.4 Å². The molecule has 1 saturated heterocycles. The van der Waals surface area contributed by atoms with Crippen molar-refractivity contribution >= 4 is 152 Å². The lowest BCUT2D eigenvalue weighted by Gasteiger charge is -2.32. The van der Waals surface area contributed by atoms with E-state index in [9.17, 15) is 0 Å². The van der Waals surface area contributed by atoms with E-state index < -0.39 is 0 Å². The van der Waals surface area contributed by atoms with Crippen molar-refractivity contribution in [1.82, 2.24) is 24.9 Å². The summed E-state index contributed by atoms with van der Waals surface area (Å²) in [4.78, 5) is 24.8. The Kier molecular flexibility index (Phi) is 11.8. The maximum absolute atomic E-state index is 6.26. The number of para-hydroxylation sites is 2. The average molecular weight is 1150 g/mol. The zero-order valence-corrected chi connectivity index (χ0v) is 49.7. The molecule has 0 N–H and O–H groups in total. The van der Waals surface area contributed by atoms with Crippen molar-refractivity contribution in [3.63, 3.8) is 0 Å². The van der Waals surface area contributed by atoms with Gasteiger partial charge in [-0.1, -0.05) is 182 Å². The lowest BCUT2D eigenvalue weighted by atomic mass is 9.78. The normalized spacial score (nSPS) is 14.0. The van der Waals surface area contributed by atoms with Gasteiger partial charge in [-0.15, -0.1) is 22.7 Å². The van der Waals surface area contributed by atoms with Gasteiger partial charge in [-0.2, -0.15) is 0 Å². The van der Waals surface area contributed by atoms with Crippen molar-refractivity contribution in [3.05, 3.63) is 243 Å². The molecule has 1 aliphatic rings. The van der Waals surface area contributed by atoms with E-state index >= 15 is 0 Å². The van der Waals surface area contributed by atoms with E-state index in [1.165, 1.54) is 72.7 Å². The van der Waals surface area contributed by atoms with Crippen LogP contribution in [0.1, 0.15) is 27.7 Å². The number of rotatable bonds is 5. The number of aromatic nitrogens is 5. The van der Waals surface area contributed by atoms with Crippen LogP contribution in [0.25, 0.3) is 161 Å². The third-order valence-corrected chi connectivity index (χ3v) is 20.5. The Bertz CT molecular complexity index is 5670. The molecule has 0 bridgehead atoms. The van der Waals surface area contributed by atoms with Crippen molar-refractivity contribution < 1.29 is 9.31 Å². The molecule has 0 radical (unpaired) electrons. The molecule has 10 heteroatoms. The summed E-state index contributed by atoms with van der Waals surface area (Å²) >= 11 is 3.74. The van der Waals surface area contributed by atoms with Crippen molar-refractivity contribution in [3.8, 4) is 44.8 Å². The molecule has 0 amide bonds. The minimum atomic E-state index is -0.372. The number of hydrogen-bond acceptors (Lipinski definition) is 9. The fourth-order valence-electron chi connectivity index (χ4n) is 13.1. The number of pyridine rings is 5. The molecule has 0 aliphatic carbocycles. The maximum atomic E-state index is 6.26. The predicted octanol–water partition coefficient (Wildman–Crippen LogP) is 20.1. The van der Waals surface area contributed by atoms with E-state index in [1.54, 1.807) is 0 Å². The Morgan fingerprint density at radius 3 is 1.39 bits per heavy atom. The Morgan fingerprint density at radius 2 is 0.782 bits per heavy atom. The lowest BCUT2D eigenvalue weighted by Crippen LogP contribution is -2.41. The summed E-state index contributed by atoms with van der Waals surface area (Å²) in [5.74, 6) is 0. The van der Waals surface area contributed by atoms with Crippen molar-refractivity contribution in [2.45, 2.75) is 38.9 Å². The van der Waals surface area contributed by atoms with E-state index in [2.05, 4.69) is 245 Å². The molecule has 17 aromatic rings. The third-order valence-electron chi connectivity index (χ3n) is 18.1. The van der Waals surface area contributed by atoms with Crippen LogP contribution in [0.2, 0.25) is 0 Å². The van der Waals surface area contributed by atoms with Gasteiger partial charge in [0.05, 0.1) is 50.2 Å². The standard InChI is InChI=1S/C46H26N4S.C31H26BNO2S/c1-3-11-39-37(9-1)41-38(22-21-36-33-8-2-4-12-40(33)51-46(36)41)42(50-39)29-15-13-27(14-16-29)30-19-20-31(34-10-6-25-48-44(30)34)32-23-26-49-45-35(32)18-17-28-7-5-24-47-43(28)45;1-30(2)31(3,4)35-32(34-30)20-15-13-19(14-16-20)28-24-18-17-22-21-9-6-8-12-26(21)36-29(22)27(24)23-10-5-7-11-25(23)33-28/h1-26H;5-18H,1-4H3. The first kappa shape index (κ1) is 51.6. The molecule has 18 rings (SSSR count). The molecule has 412 valence electrons. The molecule has 8 heterocycles. The number of thiophene rings is 2. The van der Waals surface area contributed by atoms with E-state index in [4.69, 9.17) is 29.2 Å². The fourth-order valence-corrected chi connectivity index (χ4v) is 15.6. The number of benzene rings is 10. The van der Waals surface area contributed by atoms with Gasteiger partial charge in [-0.3, -0.25) is 15.0 Å².